The Kier molecular flexibility index (Phi) is 9.14. The van der Waals surface area contributed by atoms with Crippen molar-refractivity contribution in [2.75, 3.05) is 22.1 Å². The van der Waals surface area contributed by atoms with Crippen molar-refractivity contribution >= 4 is 34.7 Å². The Morgan fingerprint density at radius 1 is 1.00 bits per heavy atom. The molecule has 0 saturated heterocycles. The molecule has 3 N–H and O–H groups in total. The minimum atomic E-state index is -0.612. The molecule has 2 amide bonds. The molecule has 0 radical (unpaired) electrons. The van der Waals surface area contributed by atoms with Gasteiger partial charge in [0.1, 0.15) is 5.82 Å². The van der Waals surface area contributed by atoms with Gasteiger partial charge in [0, 0.05) is 23.2 Å². The molecule has 4 rings (SSSR count). The van der Waals surface area contributed by atoms with Gasteiger partial charge in [0.2, 0.25) is 5.82 Å². The minimum absolute atomic E-state index is 0.0380. The lowest BCUT2D eigenvalue weighted by atomic mass is 9.97. The summed E-state index contributed by atoms with van der Waals surface area (Å²) in [5.74, 6) is 0.256. The van der Waals surface area contributed by atoms with E-state index >= 15 is 0 Å². The van der Waals surface area contributed by atoms with Crippen LogP contribution in [0.5, 0.6) is 0 Å². The van der Waals surface area contributed by atoms with Gasteiger partial charge in [-0.25, -0.2) is 9.18 Å². The summed E-state index contributed by atoms with van der Waals surface area (Å²) in [6, 6.07) is 17.6. The molecule has 1 heterocycles. The van der Waals surface area contributed by atoms with E-state index in [1.54, 1.807) is 0 Å². The number of nitrogens with one attached hydrogen (secondary N) is 3. The lowest BCUT2D eigenvalue weighted by Gasteiger charge is -2.35. The number of rotatable bonds is 10. The highest BCUT2D eigenvalue weighted by Crippen LogP contribution is 2.37. The van der Waals surface area contributed by atoms with Crippen LogP contribution in [-0.2, 0) is 0 Å². The number of amides is 2. The molecule has 4 aromatic rings. The van der Waals surface area contributed by atoms with Crippen LogP contribution in [0.2, 0.25) is 5.02 Å². The Labute approximate surface area is 233 Å². The number of nitrogens with zero attached hydrogens (tertiary/aromatic N) is 4. The maximum Gasteiger partial charge on any atom is 0.323 e. The Bertz CT molecular complexity index is 1410. The molecule has 0 saturated carbocycles. The quantitative estimate of drug-likeness (QED) is 0.189. The van der Waals surface area contributed by atoms with Gasteiger partial charge < -0.3 is 15.5 Å². The Hall–Kier alpha value is -3.98. The average Bonchev–Trinajstić information content (AvgIpc) is 3.45. The minimum Gasteiger partial charge on any atom is -0.367 e. The number of carbonyl (C=O) groups excluding carboxylic acids is 1. The van der Waals surface area contributed by atoms with Crippen LogP contribution in [0, 0.1) is 11.7 Å². The molecule has 0 spiro atoms. The van der Waals surface area contributed by atoms with Crippen molar-refractivity contribution in [3.63, 3.8) is 0 Å². The summed E-state index contributed by atoms with van der Waals surface area (Å²) in [7, 11) is 0. The maximum atomic E-state index is 14.4. The first-order valence-corrected chi connectivity index (χ1v) is 13.4. The van der Waals surface area contributed by atoms with Gasteiger partial charge in [-0.05, 0) is 65.4 Å². The van der Waals surface area contributed by atoms with Crippen molar-refractivity contribution < 1.29 is 9.18 Å². The average molecular weight is 550 g/mol. The molecule has 10 heteroatoms. The molecule has 0 bridgehead atoms. The number of halogens is 2. The van der Waals surface area contributed by atoms with Gasteiger partial charge in [-0.1, -0.05) is 69.6 Å². The van der Waals surface area contributed by atoms with Crippen LogP contribution in [-0.4, -0.2) is 39.2 Å². The fraction of sp³-hybridized carbons (Fsp3) is 0.310. The number of anilines is 3. The lowest BCUT2D eigenvalue weighted by Crippen LogP contribution is -2.38. The highest BCUT2D eigenvalue weighted by Gasteiger charge is 2.22. The highest BCUT2D eigenvalue weighted by atomic mass is 35.5. The SMILES string of the molecule is CCC(CC)N(CC(C)C)c1ccc(-c2ccccc2-c2nn[nH]n2)cc1NC(=O)Nc1ccc(Cl)cc1F. The predicted octanol–water partition coefficient (Wildman–Crippen LogP) is 7.62. The first kappa shape index (κ1) is 28.0. The van der Waals surface area contributed by atoms with Crippen molar-refractivity contribution in [2.24, 2.45) is 5.92 Å². The summed E-state index contributed by atoms with van der Waals surface area (Å²) in [5.41, 5.74) is 4.09. The number of hydrogen-bond acceptors (Lipinski definition) is 5. The standard InChI is InChI=1S/C29H33ClFN7O/c1-5-21(6-2)38(17-18(3)4)27-14-11-19(22-9-7-8-10-23(22)28-34-36-37-35-28)15-26(27)33-29(39)32-25-13-12-20(30)16-24(25)31/h7-16,18,21H,5-6,17H2,1-4H3,(H2,32,33,39)(H,34,35,36,37). The molecule has 8 nitrogen and oxygen atoms in total. The molecule has 204 valence electrons. The number of benzene rings is 3. The first-order valence-electron chi connectivity index (χ1n) is 13.1. The number of tetrazole rings is 1. The lowest BCUT2D eigenvalue weighted by molar-refractivity contribution is 0.262. The molecule has 1 aromatic heterocycles. The largest absolute Gasteiger partial charge is 0.367 e. The third kappa shape index (κ3) is 6.72. The third-order valence-electron chi connectivity index (χ3n) is 6.50. The highest BCUT2D eigenvalue weighted by molar-refractivity contribution is 6.30. The van der Waals surface area contributed by atoms with Gasteiger partial charge in [0.15, 0.2) is 0 Å². The zero-order valence-electron chi connectivity index (χ0n) is 22.5. The van der Waals surface area contributed by atoms with E-state index in [4.69, 9.17) is 11.6 Å². The molecular formula is C29H33ClFN7O. The summed E-state index contributed by atoms with van der Waals surface area (Å²) >= 11 is 5.87. The molecule has 0 fully saturated rings. The second kappa shape index (κ2) is 12.7. The van der Waals surface area contributed by atoms with E-state index in [1.807, 2.05) is 42.5 Å². The van der Waals surface area contributed by atoms with Gasteiger partial charge in [0.05, 0.1) is 17.1 Å². The summed E-state index contributed by atoms with van der Waals surface area (Å²) < 4.78 is 14.4. The van der Waals surface area contributed by atoms with Crippen LogP contribution >= 0.6 is 11.6 Å². The van der Waals surface area contributed by atoms with Crippen LogP contribution in [0.15, 0.2) is 60.7 Å². The third-order valence-corrected chi connectivity index (χ3v) is 6.74. The van der Waals surface area contributed by atoms with Crippen LogP contribution in [0.1, 0.15) is 40.5 Å². The van der Waals surface area contributed by atoms with Gasteiger partial charge in [0.25, 0.3) is 0 Å². The summed E-state index contributed by atoms with van der Waals surface area (Å²) in [4.78, 5) is 15.5. The van der Waals surface area contributed by atoms with E-state index in [9.17, 15) is 9.18 Å². The van der Waals surface area contributed by atoms with Crippen molar-refractivity contribution in [1.29, 1.82) is 0 Å². The Morgan fingerprint density at radius 2 is 1.72 bits per heavy atom. The van der Waals surface area contributed by atoms with E-state index in [1.165, 1.54) is 12.1 Å². The number of carbonyl (C=O) groups is 1. The van der Waals surface area contributed by atoms with E-state index in [0.29, 0.717) is 17.4 Å². The number of aromatic amines is 1. The normalized spacial score (nSPS) is 11.2. The second-order valence-corrected chi connectivity index (χ2v) is 10.2. The van der Waals surface area contributed by atoms with E-state index in [-0.39, 0.29) is 16.8 Å². The summed E-state index contributed by atoms with van der Waals surface area (Å²) in [5, 5.41) is 20.3. The molecular weight excluding hydrogens is 517 g/mol. The Morgan fingerprint density at radius 3 is 2.36 bits per heavy atom. The fourth-order valence-electron chi connectivity index (χ4n) is 4.69. The molecule has 0 unspecified atom stereocenters. The van der Waals surface area contributed by atoms with Crippen LogP contribution < -0.4 is 15.5 Å². The van der Waals surface area contributed by atoms with Gasteiger partial charge in [-0.2, -0.15) is 5.21 Å². The molecule has 39 heavy (non-hydrogen) atoms. The van der Waals surface area contributed by atoms with Gasteiger partial charge in [-0.3, -0.25) is 0 Å². The molecule has 0 aliphatic rings. The smallest absolute Gasteiger partial charge is 0.323 e. The summed E-state index contributed by atoms with van der Waals surface area (Å²) in [6.07, 6.45) is 1.90. The van der Waals surface area contributed by atoms with E-state index in [2.05, 4.69) is 63.9 Å². The predicted molar refractivity (Wildman–Crippen MR) is 156 cm³/mol. The first-order chi connectivity index (χ1) is 18.8. The number of urea groups is 1. The van der Waals surface area contributed by atoms with Crippen LogP contribution in [0.4, 0.5) is 26.2 Å². The molecule has 0 atom stereocenters. The molecule has 0 aliphatic carbocycles. The molecule has 3 aromatic carbocycles. The van der Waals surface area contributed by atoms with Gasteiger partial charge in [-0.15, -0.1) is 10.2 Å². The maximum absolute atomic E-state index is 14.4. The van der Waals surface area contributed by atoms with Crippen molar-refractivity contribution in [3.05, 3.63) is 71.5 Å². The van der Waals surface area contributed by atoms with Crippen LogP contribution in [0.25, 0.3) is 22.5 Å². The number of aromatic nitrogens is 4. The topological polar surface area (TPSA) is 98.8 Å². The van der Waals surface area contributed by atoms with E-state index in [0.717, 1.165) is 47.8 Å². The van der Waals surface area contributed by atoms with Crippen molar-refractivity contribution in [3.8, 4) is 22.5 Å². The monoisotopic (exact) mass is 549 g/mol. The zero-order chi connectivity index (χ0) is 27.9. The zero-order valence-corrected chi connectivity index (χ0v) is 23.3. The van der Waals surface area contributed by atoms with E-state index < -0.39 is 11.8 Å². The number of hydrogen-bond donors (Lipinski definition) is 3. The van der Waals surface area contributed by atoms with Gasteiger partial charge >= 0.3 is 6.03 Å². The molecule has 0 aliphatic heterocycles. The fourth-order valence-corrected chi connectivity index (χ4v) is 4.85. The van der Waals surface area contributed by atoms with Crippen molar-refractivity contribution in [1.82, 2.24) is 20.6 Å². The van der Waals surface area contributed by atoms with Crippen LogP contribution in [0.3, 0.4) is 0 Å². The van der Waals surface area contributed by atoms with Crippen molar-refractivity contribution in [2.45, 2.75) is 46.6 Å². The second-order valence-electron chi connectivity index (χ2n) is 9.73. The summed E-state index contributed by atoms with van der Waals surface area (Å²) in [6.45, 7) is 9.50. The Balaban J connectivity index is 1.78. The number of H-pyrrole nitrogens is 1.